The van der Waals surface area contributed by atoms with E-state index in [0.29, 0.717) is 23.2 Å². The number of alkyl halides is 3. The number of halogens is 4. The minimum atomic E-state index is -4.35. The second kappa shape index (κ2) is 5.81. The molecule has 0 aliphatic carbocycles. The van der Waals surface area contributed by atoms with Gasteiger partial charge in [-0.1, -0.05) is 15.9 Å². The summed E-state index contributed by atoms with van der Waals surface area (Å²) in [5, 5.41) is 0. The predicted octanol–water partition coefficient (Wildman–Crippen LogP) is 3.89. The molecular weight excluding hydrogens is 323 g/mol. The van der Waals surface area contributed by atoms with Crippen LogP contribution in [0.1, 0.15) is 30.0 Å². The first-order valence-electron chi connectivity index (χ1n) is 6.09. The van der Waals surface area contributed by atoms with Gasteiger partial charge in [0.05, 0.1) is 5.56 Å². The number of hydrogen-bond acceptors (Lipinski definition) is 2. The average Bonchev–Trinajstić information content (AvgIpc) is 2.37. The summed E-state index contributed by atoms with van der Waals surface area (Å²) in [6.07, 6.45) is -2.78. The third-order valence-electron chi connectivity index (χ3n) is 3.41. The zero-order valence-electron chi connectivity index (χ0n) is 10.2. The standard InChI is InChI=1S/C13H15BrF3NO/c14-11-6-9(5-10(7-11)13(15,16)17)12(18)8-1-3-19-4-2-8/h5-8,12H,1-4,18H2/t12-/m0/s1. The molecule has 0 unspecified atom stereocenters. The average molecular weight is 338 g/mol. The van der Waals surface area contributed by atoms with E-state index < -0.39 is 11.7 Å². The summed E-state index contributed by atoms with van der Waals surface area (Å²) in [6, 6.07) is 3.49. The minimum absolute atomic E-state index is 0.170. The van der Waals surface area contributed by atoms with E-state index in [9.17, 15) is 13.2 Å². The first-order chi connectivity index (χ1) is 8.88. The summed E-state index contributed by atoms with van der Waals surface area (Å²) in [5.41, 5.74) is 5.96. The lowest BCUT2D eigenvalue weighted by Crippen LogP contribution is -2.27. The molecule has 2 nitrogen and oxygen atoms in total. The fourth-order valence-corrected chi connectivity index (χ4v) is 2.83. The van der Waals surface area contributed by atoms with Crippen LogP contribution in [-0.4, -0.2) is 13.2 Å². The molecule has 19 heavy (non-hydrogen) atoms. The van der Waals surface area contributed by atoms with E-state index in [2.05, 4.69) is 15.9 Å². The van der Waals surface area contributed by atoms with Crippen molar-refractivity contribution in [2.75, 3.05) is 13.2 Å². The number of nitrogens with two attached hydrogens (primary N) is 1. The molecule has 6 heteroatoms. The zero-order chi connectivity index (χ0) is 14.0. The van der Waals surface area contributed by atoms with Crippen molar-refractivity contribution in [3.8, 4) is 0 Å². The first kappa shape index (κ1) is 14.8. The van der Waals surface area contributed by atoms with Crippen LogP contribution in [0.2, 0.25) is 0 Å². The molecule has 2 rings (SSSR count). The quantitative estimate of drug-likeness (QED) is 0.888. The summed E-state index contributed by atoms with van der Waals surface area (Å²) in [6.45, 7) is 1.25. The third kappa shape index (κ3) is 3.70. The Bertz CT molecular complexity index is 444. The molecular formula is C13H15BrF3NO. The zero-order valence-corrected chi connectivity index (χ0v) is 11.8. The molecule has 0 aromatic heterocycles. The smallest absolute Gasteiger partial charge is 0.381 e. The highest BCUT2D eigenvalue weighted by Crippen LogP contribution is 2.35. The summed E-state index contributed by atoms with van der Waals surface area (Å²) in [7, 11) is 0. The van der Waals surface area contributed by atoms with Gasteiger partial charge in [0.25, 0.3) is 0 Å². The van der Waals surface area contributed by atoms with Gasteiger partial charge in [-0.15, -0.1) is 0 Å². The molecule has 1 atom stereocenters. The van der Waals surface area contributed by atoms with E-state index in [1.54, 1.807) is 6.07 Å². The maximum Gasteiger partial charge on any atom is 0.416 e. The van der Waals surface area contributed by atoms with E-state index in [4.69, 9.17) is 10.5 Å². The highest BCUT2D eigenvalue weighted by molar-refractivity contribution is 9.10. The van der Waals surface area contributed by atoms with Gasteiger partial charge in [-0.3, -0.25) is 0 Å². The molecule has 1 aromatic rings. The van der Waals surface area contributed by atoms with Crippen molar-refractivity contribution in [3.63, 3.8) is 0 Å². The fraction of sp³-hybridized carbons (Fsp3) is 0.538. The van der Waals surface area contributed by atoms with Gasteiger partial charge < -0.3 is 10.5 Å². The molecule has 0 amide bonds. The molecule has 0 bridgehead atoms. The maximum absolute atomic E-state index is 12.8. The Hall–Kier alpha value is -0.590. The Kier molecular flexibility index (Phi) is 4.53. The van der Waals surface area contributed by atoms with Crippen molar-refractivity contribution >= 4 is 15.9 Å². The van der Waals surface area contributed by atoms with Crippen molar-refractivity contribution in [2.45, 2.75) is 25.1 Å². The molecule has 1 saturated heterocycles. The lowest BCUT2D eigenvalue weighted by atomic mass is 9.87. The molecule has 106 valence electrons. The van der Waals surface area contributed by atoms with Gasteiger partial charge in [-0.05, 0) is 42.5 Å². The third-order valence-corrected chi connectivity index (χ3v) is 3.86. The molecule has 1 aliphatic heterocycles. The second-order valence-corrected chi connectivity index (χ2v) is 5.66. The SMILES string of the molecule is N[C@H](c1cc(Br)cc(C(F)(F)F)c1)C1CCOCC1. The van der Waals surface area contributed by atoms with Gasteiger partial charge >= 0.3 is 6.18 Å². The van der Waals surface area contributed by atoms with Gasteiger partial charge in [0.15, 0.2) is 0 Å². The van der Waals surface area contributed by atoms with Gasteiger partial charge in [0.2, 0.25) is 0 Å². The summed E-state index contributed by atoms with van der Waals surface area (Å²) < 4.78 is 44.0. The molecule has 0 spiro atoms. The lowest BCUT2D eigenvalue weighted by Gasteiger charge is -2.28. The first-order valence-corrected chi connectivity index (χ1v) is 6.88. The highest BCUT2D eigenvalue weighted by atomic mass is 79.9. The van der Waals surface area contributed by atoms with Crippen LogP contribution in [0.25, 0.3) is 0 Å². The Labute approximate surface area is 118 Å². The van der Waals surface area contributed by atoms with Gasteiger partial charge in [-0.2, -0.15) is 13.2 Å². The van der Waals surface area contributed by atoms with E-state index in [-0.39, 0.29) is 12.0 Å². The Balaban J connectivity index is 2.26. The van der Waals surface area contributed by atoms with Gasteiger partial charge in [0.1, 0.15) is 0 Å². The van der Waals surface area contributed by atoms with E-state index in [1.165, 1.54) is 0 Å². The predicted molar refractivity (Wildman–Crippen MR) is 69.6 cm³/mol. The second-order valence-electron chi connectivity index (χ2n) is 4.75. The van der Waals surface area contributed by atoms with Crippen molar-refractivity contribution in [3.05, 3.63) is 33.8 Å². The summed E-state index contributed by atoms with van der Waals surface area (Å²) in [4.78, 5) is 0. The number of ether oxygens (including phenoxy) is 1. The lowest BCUT2D eigenvalue weighted by molar-refractivity contribution is -0.137. The van der Waals surface area contributed by atoms with E-state index in [0.717, 1.165) is 25.0 Å². The molecule has 1 aromatic carbocycles. The topological polar surface area (TPSA) is 35.2 Å². The Morgan fingerprint density at radius 3 is 2.42 bits per heavy atom. The van der Waals surface area contributed by atoms with Crippen molar-refractivity contribution < 1.29 is 17.9 Å². The Morgan fingerprint density at radius 1 is 1.21 bits per heavy atom. The number of benzene rings is 1. The molecule has 0 radical (unpaired) electrons. The van der Waals surface area contributed by atoms with Crippen LogP contribution in [0.15, 0.2) is 22.7 Å². The molecule has 1 aliphatic rings. The number of rotatable bonds is 2. The van der Waals surface area contributed by atoms with Gasteiger partial charge in [-0.25, -0.2) is 0 Å². The van der Waals surface area contributed by atoms with Crippen LogP contribution in [0, 0.1) is 5.92 Å². The molecule has 0 saturated carbocycles. The largest absolute Gasteiger partial charge is 0.416 e. The summed E-state index contributed by atoms with van der Waals surface area (Å²) in [5.74, 6) is 0.170. The van der Waals surface area contributed by atoms with E-state index >= 15 is 0 Å². The van der Waals surface area contributed by atoms with Crippen molar-refractivity contribution in [1.29, 1.82) is 0 Å². The van der Waals surface area contributed by atoms with Crippen molar-refractivity contribution in [1.82, 2.24) is 0 Å². The van der Waals surface area contributed by atoms with Crippen LogP contribution in [-0.2, 0) is 10.9 Å². The van der Waals surface area contributed by atoms with Crippen LogP contribution in [0.5, 0.6) is 0 Å². The monoisotopic (exact) mass is 337 g/mol. The van der Waals surface area contributed by atoms with Crippen LogP contribution >= 0.6 is 15.9 Å². The van der Waals surface area contributed by atoms with Crippen LogP contribution < -0.4 is 5.73 Å². The fourth-order valence-electron chi connectivity index (χ4n) is 2.32. The van der Waals surface area contributed by atoms with Crippen LogP contribution in [0.3, 0.4) is 0 Å². The number of hydrogen-bond donors (Lipinski definition) is 1. The van der Waals surface area contributed by atoms with E-state index in [1.807, 2.05) is 0 Å². The molecule has 1 fully saturated rings. The highest BCUT2D eigenvalue weighted by Gasteiger charge is 2.32. The van der Waals surface area contributed by atoms with Gasteiger partial charge in [0, 0.05) is 23.7 Å². The maximum atomic E-state index is 12.8. The normalized spacial score (nSPS) is 19.4. The molecule has 1 heterocycles. The Morgan fingerprint density at radius 2 is 1.84 bits per heavy atom. The minimum Gasteiger partial charge on any atom is -0.381 e. The van der Waals surface area contributed by atoms with Crippen molar-refractivity contribution in [2.24, 2.45) is 11.7 Å². The summed E-state index contributed by atoms with van der Waals surface area (Å²) >= 11 is 3.12. The molecule has 2 N–H and O–H groups in total. The van der Waals surface area contributed by atoms with Crippen LogP contribution in [0.4, 0.5) is 13.2 Å².